The molecule has 0 aliphatic carbocycles. The Morgan fingerprint density at radius 1 is 0.864 bits per heavy atom. The SMILES string of the molecule is CC(C)(C)c1ccccc1P[C]12[CH]3[CH]4[CH]5[CH]1[Fe]45321678[CH]2[CH]1[CH]6[CH]7[CH]28. The number of hydrogen-bond acceptors (Lipinski definition) is 0. The number of hydrogen-bond donors (Lipinski definition) is 0. The Hall–Kier alpha value is 0.169. The van der Waals surface area contributed by atoms with Crippen molar-refractivity contribution >= 4 is 13.9 Å². The second kappa shape index (κ2) is 0.951. The van der Waals surface area contributed by atoms with E-state index in [0.717, 1.165) is 4.05 Å². The molecule has 1 spiro atoms. The van der Waals surface area contributed by atoms with E-state index in [2.05, 4.69) is 45.0 Å². The van der Waals surface area contributed by atoms with E-state index in [0.29, 0.717) is 5.41 Å². The Morgan fingerprint density at radius 3 is 1.82 bits per heavy atom. The van der Waals surface area contributed by atoms with Gasteiger partial charge in [0.05, 0.1) is 0 Å². The van der Waals surface area contributed by atoms with Crippen LogP contribution in [0.15, 0.2) is 24.3 Å². The Bertz CT molecular complexity index is 1190. The summed E-state index contributed by atoms with van der Waals surface area (Å²) in [5, 5.41) is 1.81. The molecule has 0 N–H and O–H groups in total. The molecule has 10 fully saturated rings. The maximum atomic E-state index is 2.53. The van der Waals surface area contributed by atoms with Crippen LogP contribution in [-0.4, -0.2) is 4.05 Å². The fourth-order valence-corrected chi connectivity index (χ4v) is 104. The van der Waals surface area contributed by atoms with Crippen LogP contribution in [0.1, 0.15) is 26.3 Å². The Kier molecular flexibility index (Phi) is 0.415. The minimum atomic E-state index is -2.85. The quantitative estimate of drug-likeness (QED) is 0.482. The zero-order valence-electron chi connectivity index (χ0n) is 13.4. The van der Waals surface area contributed by atoms with Crippen LogP contribution < -0.4 is 5.30 Å². The van der Waals surface area contributed by atoms with E-state index < -0.39 is 6.51 Å². The van der Waals surface area contributed by atoms with E-state index in [1.54, 1.807) is 5.56 Å². The molecule has 2 heteroatoms. The van der Waals surface area contributed by atoms with Crippen molar-refractivity contribution in [3.05, 3.63) is 29.8 Å². The molecule has 0 amide bonds. The van der Waals surface area contributed by atoms with Gasteiger partial charge in [-0.2, -0.15) is 0 Å². The van der Waals surface area contributed by atoms with Crippen LogP contribution in [0, 0.1) is 0 Å². The molecule has 0 bridgehead atoms. The van der Waals surface area contributed by atoms with Gasteiger partial charge in [0.25, 0.3) is 0 Å². The average Bonchev–Trinajstić information content (AvgIpc) is 3.41. The van der Waals surface area contributed by atoms with Crippen molar-refractivity contribution in [1.29, 1.82) is 0 Å². The van der Waals surface area contributed by atoms with Gasteiger partial charge in [0.15, 0.2) is 0 Å². The molecule has 11 rings (SSSR count). The second-order valence-corrected chi connectivity index (χ2v) is 39.3. The average molecular weight is 350 g/mol. The van der Waals surface area contributed by atoms with Crippen molar-refractivity contribution in [3.63, 3.8) is 0 Å². The van der Waals surface area contributed by atoms with Crippen LogP contribution in [0.25, 0.3) is 0 Å². The first-order valence-electron chi connectivity index (χ1n) is 9.34. The van der Waals surface area contributed by atoms with E-state index in [1.807, 2.05) is 5.30 Å². The summed E-state index contributed by atoms with van der Waals surface area (Å²) in [5.41, 5.74) is 2.02. The molecule has 5 unspecified atom stereocenters. The van der Waals surface area contributed by atoms with Crippen molar-refractivity contribution in [2.24, 2.45) is 0 Å². The fraction of sp³-hybridized carbons (Fsp3) is 0.700. The van der Waals surface area contributed by atoms with Crippen LogP contribution in [0.5, 0.6) is 0 Å². The maximum absolute atomic E-state index is 2.85. The molecule has 0 saturated carbocycles. The van der Waals surface area contributed by atoms with E-state index in [9.17, 15) is 0 Å². The standard InChI is InChI=1S/C15H18P.C5H5.Fe/c1-15(2,3)13-10-6-7-11-14(13)16-12-8-4-5-9-12;1-2-4-5-3-1;/h4-11,16H,1-3H3;1-5H;. The van der Waals surface area contributed by atoms with Crippen LogP contribution in [0.4, 0.5) is 0 Å². The normalized spacial score (nSPS) is 96.0. The van der Waals surface area contributed by atoms with Gasteiger partial charge in [-0.25, -0.2) is 0 Å². The first-order valence-corrected chi connectivity index (χ1v) is 16.6. The molecule has 5 atom stereocenters. The molecule has 1 aromatic carbocycles. The summed E-state index contributed by atoms with van der Waals surface area (Å²) in [6.07, 6.45) is 0. The van der Waals surface area contributed by atoms with E-state index in [-0.39, 0.29) is 0 Å². The van der Waals surface area contributed by atoms with Crippen LogP contribution in [0.2, 0.25) is 43.3 Å². The third-order valence-corrected chi connectivity index (χ3v) is 65.2. The summed E-state index contributed by atoms with van der Waals surface area (Å²) >= 11 is 0. The molecule has 10 saturated heterocycles. The van der Waals surface area contributed by atoms with Crippen molar-refractivity contribution in [2.75, 3.05) is 0 Å². The van der Waals surface area contributed by atoms with Gasteiger partial charge >= 0.3 is 124 Å². The van der Waals surface area contributed by atoms with Crippen molar-refractivity contribution in [2.45, 2.75) is 73.6 Å². The van der Waals surface area contributed by atoms with Crippen LogP contribution in [-0.2, 0) is 11.9 Å². The number of fused-ring (bicyclic) bond motifs is 10. The second-order valence-electron chi connectivity index (χ2n) is 13.6. The molecule has 22 heavy (non-hydrogen) atoms. The van der Waals surface area contributed by atoms with Gasteiger partial charge in [-0.15, -0.1) is 0 Å². The van der Waals surface area contributed by atoms with Gasteiger partial charge in [0, 0.05) is 0 Å². The van der Waals surface area contributed by atoms with Crippen LogP contribution >= 0.6 is 8.58 Å². The third kappa shape index (κ3) is 0.134. The summed E-state index contributed by atoms with van der Waals surface area (Å²) in [7, 11) is 1.25. The minimum absolute atomic E-state index is 0.331. The molecule has 10 heterocycles. The summed E-state index contributed by atoms with van der Waals surface area (Å²) in [6, 6.07) is 9.60. The first kappa shape index (κ1) is 9.60. The molecular weight excluding hydrogens is 327 g/mol. The van der Waals surface area contributed by atoms with Gasteiger partial charge < -0.3 is 0 Å². The Morgan fingerprint density at radius 2 is 1.41 bits per heavy atom. The third-order valence-electron chi connectivity index (χ3n) is 16.7. The molecule has 10 aliphatic rings. The van der Waals surface area contributed by atoms with Crippen LogP contribution in [0.3, 0.4) is 0 Å². The van der Waals surface area contributed by atoms with Gasteiger partial charge in [-0.05, 0) is 0 Å². The number of rotatable bonds is 2. The fourth-order valence-electron chi connectivity index (χ4n) is 18.0. The zero-order valence-corrected chi connectivity index (χ0v) is 15.5. The topological polar surface area (TPSA) is 0 Å². The van der Waals surface area contributed by atoms with Crippen molar-refractivity contribution < 1.29 is 6.51 Å². The molecule has 116 valence electrons. The van der Waals surface area contributed by atoms with E-state index in [1.165, 1.54) is 51.9 Å². The monoisotopic (exact) mass is 350 g/mol. The van der Waals surface area contributed by atoms with E-state index in [4.69, 9.17) is 0 Å². The number of benzene rings is 1. The van der Waals surface area contributed by atoms with E-state index >= 15 is 0 Å². The zero-order chi connectivity index (χ0) is 14.2. The molecule has 1 aromatic rings. The predicted octanol–water partition coefficient (Wildman–Crippen LogP) is 5.58. The van der Waals surface area contributed by atoms with Gasteiger partial charge in [0.2, 0.25) is 0 Å². The summed E-state index contributed by atoms with van der Waals surface area (Å²) in [4.78, 5) is 13.3. The van der Waals surface area contributed by atoms with Gasteiger partial charge in [-0.3, -0.25) is 0 Å². The Balaban J connectivity index is 1.26. The summed E-state index contributed by atoms with van der Waals surface area (Å²) in [6.45, 7) is 4.43. The molecule has 10 aliphatic heterocycles. The molecule has 0 radical (unpaired) electrons. The molecular formula is C20H23FeP. The molecule has 0 nitrogen and oxygen atoms in total. The Labute approximate surface area is 123 Å². The van der Waals surface area contributed by atoms with Gasteiger partial charge in [-0.1, -0.05) is 0 Å². The predicted molar refractivity (Wildman–Crippen MR) is 89.6 cm³/mol. The first-order chi connectivity index (χ1) is 10.2. The summed E-state index contributed by atoms with van der Waals surface area (Å²) in [5.74, 6) is 0. The molecule has 0 aromatic heterocycles. The van der Waals surface area contributed by atoms with Crippen molar-refractivity contribution in [3.8, 4) is 0 Å². The van der Waals surface area contributed by atoms with Crippen molar-refractivity contribution in [1.82, 2.24) is 0 Å². The van der Waals surface area contributed by atoms with Gasteiger partial charge in [0.1, 0.15) is 0 Å². The summed E-state index contributed by atoms with van der Waals surface area (Å²) < 4.78 is 1.08.